The van der Waals surface area contributed by atoms with Crippen LogP contribution in [-0.4, -0.2) is 34.1 Å². The topological polar surface area (TPSA) is 102 Å². The molecule has 7 nitrogen and oxygen atoms in total. The van der Waals surface area contributed by atoms with E-state index in [-0.39, 0.29) is 21.1 Å². The molecule has 0 amide bonds. The zero-order valence-electron chi connectivity index (χ0n) is 13.1. The lowest BCUT2D eigenvalue weighted by molar-refractivity contribution is 0.0690. The number of benzene rings is 1. The van der Waals surface area contributed by atoms with Crippen molar-refractivity contribution in [3.63, 3.8) is 0 Å². The Labute approximate surface area is 138 Å². The quantitative estimate of drug-likeness (QED) is 0.777. The summed E-state index contributed by atoms with van der Waals surface area (Å²) >= 11 is 0. The number of carboxylic acids is 1. The Bertz CT molecular complexity index is 1040. The molecule has 8 heteroatoms. The lowest BCUT2D eigenvalue weighted by Crippen LogP contribution is -2.08. The summed E-state index contributed by atoms with van der Waals surface area (Å²) in [6.45, 7) is 3.45. The van der Waals surface area contributed by atoms with Crippen LogP contribution in [0, 0.1) is 6.92 Å². The van der Waals surface area contributed by atoms with Gasteiger partial charge in [-0.2, -0.15) is 5.10 Å². The molecule has 2 aromatic heterocycles. The maximum atomic E-state index is 13.0. The molecular formula is C16H15N3O4S. The van der Waals surface area contributed by atoms with E-state index >= 15 is 0 Å². The molecule has 0 aliphatic carbocycles. The molecule has 0 radical (unpaired) electrons. The Hall–Kier alpha value is -2.74. The smallest absolute Gasteiger partial charge is 0.354 e. The number of fused-ring (bicyclic) bond motifs is 1. The predicted octanol–water partition coefficient (Wildman–Crippen LogP) is 2.13. The van der Waals surface area contributed by atoms with Gasteiger partial charge in [0.2, 0.25) is 9.84 Å². The van der Waals surface area contributed by atoms with Crippen LogP contribution in [0.5, 0.6) is 0 Å². The summed E-state index contributed by atoms with van der Waals surface area (Å²) in [6.07, 6.45) is 0.382. The SMILES string of the molecule is CCc1nn2c(C)cc(C(=O)O)nc2c1S(=O)(=O)c1ccccc1. The van der Waals surface area contributed by atoms with Gasteiger partial charge in [-0.25, -0.2) is 22.7 Å². The van der Waals surface area contributed by atoms with Crippen LogP contribution >= 0.6 is 0 Å². The fourth-order valence-corrected chi connectivity index (χ4v) is 4.14. The lowest BCUT2D eigenvalue weighted by atomic mass is 10.3. The van der Waals surface area contributed by atoms with E-state index < -0.39 is 15.8 Å². The molecule has 1 aromatic carbocycles. The molecule has 3 aromatic rings. The van der Waals surface area contributed by atoms with Crippen molar-refractivity contribution in [2.75, 3.05) is 0 Å². The van der Waals surface area contributed by atoms with Gasteiger partial charge in [-0.15, -0.1) is 0 Å². The molecule has 0 bridgehead atoms. The fraction of sp³-hybridized carbons (Fsp3) is 0.188. The van der Waals surface area contributed by atoms with Gasteiger partial charge in [-0.1, -0.05) is 25.1 Å². The number of aryl methyl sites for hydroxylation is 2. The summed E-state index contributed by atoms with van der Waals surface area (Å²) in [5.41, 5.74) is 0.679. The minimum Gasteiger partial charge on any atom is -0.477 e. The Kier molecular flexibility index (Phi) is 3.84. The van der Waals surface area contributed by atoms with Gasteiger partial charge in [-0.3, -0.25) is 0 Å². The van der Waals surface area contributed by atoms with Gasteiger partial charge >= 0.3 is 5.97 Å². The van der Waals surface area contributed by atoms with Crippen LogP contribution in [0.3, 0.4) is 0 Å². The van der Waals surface area contributed by atoms with E-state index in [1.807, 2.05) is 0 Å². The Balaban J connectivity index is 2.40. The van der Waals surface area contributed by atoms with E-state index in [0.717, 1.165) is 0 Å². The zero-order valence-corrected chi connectivity index (χ0v) is 13.9. The highest BCUT2D eigenvalue weighted by Gasteiger charge is 2.28. The van der Waals surface area contributed by atoms with Crippen molar-refractivity contribution < 1.29 is 18.3 Å². The molecule has 0 unspecified atom stereocenters. The summed E-state index contributed by atoms with van der Waals surface area (Å²) < 4.78 is 27.5. The number of aromatic nitrogens is 3. The summed E-state index contributed by atoms with van der Waals surface area (Å²) in [5, 5.41) is 13.5. The minimum atomic E-state index is -3.86. The number of carbonyl (C=O) groups is 1. The average molecular weight is 345 g/mol. The standard InChI is InChI=1S/C16H15N3O4S/c1-3-12-14(24(22,23)11-7-5-4-6-8-11)15-17-13(16(20)21)9-10(2)19(15)18-12/h4-9H,3H2,1-2H3,(H,20,21). The third-order valence-electron chi connectivity index (χ3n) is 3.67. The van der Waals surface area contributed by atoms with Crippen molar-refractivity contribution in [3.8, 4) is 0 Å². The van der Waals surface area contributed by atoms with Gasteiger partial charge in [0.05, 0.1) is 10.6 Å². The second-order valence-corrected chi connectivity index (χ2v) is 7.16. The molecule has 0 aliphatic rings. The van der Waals surface area contributed by atoms with E-state index in [4.69, 9.17) is 0 Å². The number of rotatable bonds is 4. The fourth-order valence-electron chi connectivity index (χ4n) is 2.52. The first-order valence-corrected chi connectivity index (χ1v) is 8.77. The van der Waals surface area contributed by atoms with Crippen LogP contribution in [-0.2, 0) is 16.3 Å². The highest BCUT2D eigenvalue weighted by atomic mass is 32.2. The predicted molar refractivity (Wildman–Crippen MR) is 86.0 cm³/mol. The van der Waals surface area contributed by atoms with Crippen molar-refractivity contribution in [1.29, 1.82) is 0 Å². The van der Waals surface area contributed by atoms with Crippen molar-refractivity contribution in [2.24, 2.45) is 0 Å². The second kappa shape index (κ2) is 5.72. The van der Waals surface area contributed by atoms with Crippen molar-refractivity contribution in [2.45, 2.75) is 30.1 Å². The van der Waals surface area contributed by atoms with Gasteiger partial charge in [-0.05, 0) is 31.5 Å². The first-order valence-electron chi connectivity index (χ1n) is 7.29. The summed E-state index contributed by atoms with van der Waals surface area (Å²) in [7, 11) is -3.86. The van der Waals surface area contributed by atoms with E-state index in [9.17, 15) is 18.3 Å². The summed E-state index contributed by atoms with van der Waals surface area (Å²) in [5.74, 6) is -1.22. The highest BCUT2D eigenvalue weighted by molar-refractivity contribution is 7.91. The normalized spacial score (nSPS) is 11.8. The van der Waals surface area contributed by atoms with Crippen molar-refractivity contribution in [1.82, 2.24) is 14.6 Å². The molecule has 2 heterocycles. The Morgan fingerprint density at radius 2 is 1.92 bits per heavy atom. The molecule has 0 atom stereocenters. The number of carboxylic acid groups (broad SMARTS) is 1. The van der Waals surface area contributed by atoms with Gasteiger partial charge in [0.25, 0.3) is 0 Å². The van der Waals surface area contributed by atoms with Crippen molar-refractivity contribution >= 4 is 21.5 Å². The zero-order chi connectivity index (χ0) is 17.5. The molecule has 0 spiro atoms. The van der Waals surface area contributed by atoms with Crippen molar-refractivity contribution in [3.05, 3.63) is 53.5 Å². The molecule has 24 heavy (non-hydrogen) atoms. The first kappa shape index (κ1) is 16.1. The Morgan fingerprint density at radius 1 is 1.25 bits per heavy atom. The average Bonchev–Trinajstić information content (AvgIpc) is 2.95. The molecule has 124 valence electrons. The van der Waals surface area contributed by atoms with Crippen LogP contribution in [0.25, 0.3) is 5.65 Å². The third kappa shape index (κ3) is 2.44. The molecule has 0 fully saturated rings. The summed E-state index contributed by atoms with van der Waals surface area (Å²) in [4.78, 5) is 15.4. The van der Waals surface area contributed by atoms with Gasteiger partial charge in [0.15, 0.2) is 11.3 Å². The third-order valence-corrected chi connectivity index (χ3v) is 5.52. The maximum Gasteiger partial charge on any atom is 0.354 e. The van der Waals surface area contributed by atoms with Crippen LogP contribution in [0.1, 0.15) is 28.8 Å². The molecule has 3 rings (SSSR count). The molecular weight excluding hydrogens is 330 g/mol. The second-order valence-electron chi connectivity index (χ2n) is 5.27. The molecule has 1 N–H and O–H groups in total. The van der Waals surface area contributed by atoms with Gasteiger partial charge in [0.1, 0.15) is 4.90 Å². The molecule has 0 saturated heterocycles. The van der Waals surface area contributed by atoms with E-state index in [0.29, 0.717) is 17.8 Å². The van der Waals surface area contributed by atoms with E-state index in [1.54, 1.807) is 32.0 Å². The van der Waals surface area contributed by atoms with Crippen LogP contribution < -0.4 is 0 Å². The number of hydrogen-bond acceptors (Lipinski definition) is 5. The minimum absolute atomic E-state index is 0.0353. The summed E-state index contributed by atoms with van der Waals surface area (Å²) in [6, 6.07) is 9.33. The van der Waals surface area contributed by atoms with E-state index in [2.05, 4.69) is 10.1 Å². The van der Waals surface area contributed by atoms with Gasteiger partial charge < -0.3 is 5.11 Å². The number of hydrogen-bond donors (Lipinski definition) is 1. The van der Waals surface area contributed by atoms with Gasteiger partial charge in [0, 0.05) is 5.69 Å². The number of aromatic carboxylic acids is 1. The first-order chi connectivity index (χ1) is 11.4. The van der Waals surface area contributed by atoms with Crippen LogP contribution in [0.2, 0.25) is 0 Å². The van der Waals surface area contributed by atoms with E-state index in [1.165, 1.54) is 22.7 Å². The monoisotopic (exact) mass is 345 g/mol. The number of sulfone groups is 1. The molecule has 0 aliphatic heterocycles. The molecule has 0 saturated carbocycles. The number of nitrogens with zero attached hydrogens (tertiary/aromatic N) is 3. The van der Waals surface area contributed by atoms with Crippen LogP contribution in [0.15, 0.2) is 46.2 Å². The highest BCUT2D eigenvalue weighted by Crippen LogP contribution is 2.28. The lowest BCUT2D eigenvalue weighted by Gasteiger charge is -2.05. The Morgan fingerprint density at radius 3 is 2.50 bits per heavy atom. The largest absolute Gasteiger partial charge is 0.477 e. The van der Waals surface area contributed by atoms with Crippen LogP contribution in [0.4, 0.5) is 0 Å². The maximum absolute atomic E-state index is 13.0.